The van der Waals surface area contributed by atoms with Gasteiger partial charge in [0, 0.05) is 12.6 Å². The highest BCUT2D eigenvalue weighted by Crippen LogP contribution is 2.33. The number of nitrogens with zero attached hydrogens (tertiary/aromatic N) is 4. The summed E-state index contributed by atoms with van der Waals surface area (Å²) in [6, 6.07) is 8.02. The average molecular weight is 494 g/mol. The first-order valence-electron chi connectivity index (χ1n) is 14.2. The summed E-state index contributed by atoms with van der Waals surface area (Å²) in [6.07, 6.45) is 9.37. The molecule has 4 unspecified atom stereocenters. The zero-order chi connectivity index (χ0) is 25.3. The van der Waals surface area contributed by atoms with Crippen LogP contribution in [0.1, 0.15) is 82.8 Å². The fourth-order valence-electron chi connectivity index (χ4n) is 6.60. The fourth-order valence-corrected chi connectivity index (χ4v) is 6.60. The molecule has 0 radical (unpaired) electrons. The van der Waals surface area contributed by atoms with Gasteiger partial charge in [-0.3, -0.25) is 9.59 Å². The molecule has 3 aliphatic rings. The maximum Gasteiger partial charge on any atom is 0.290 e. The van der Waals surface area contributed by atoms with Crippen LogP contribution < -0.4 is 5.32 Å². The Bertz CT molecular complexity index is 1090. The van der Waals surface area contributed by atoms with E-state index in [1.165, 1.54) is 32.1 Å². The van der Waals surface area contributed by atoms with Crippen LogP contribution >= 0.6 is 0 Å². The molecule has 196 valence electrons. The Balaban J connectivity index is 1.40. The fraction of sp³-hybridized carbons (Fsp3) is 0.690. The normalized spacial score (nSPS) is 29.7. The Morgan fingerprint density at radius 1 is 1.06 bits per heavy atom. The van der Waals surface area contributed by atoms with Crippen molar-refractivity contribution in [2.24, 2.45) is 11.8 Å². The van der Waals surface area contributed by atoms with Crippen LogP contribution in [0.15, 0.2) is 24.3 Å². The molecule has 2 amide bonds. The lowest BCUT2D eigenvalue weighted by Crippen LogP contribution is -2.66. The van der Waals surface area contributed by atoms with Gasteiger partial charge in [0.05, 0.1) is 17.6 Å². The number of hydrogen-bond acceptors (Lipinski definition) is 4. The van der Waals surface area contributed by atoms with Gasteiger partial charge in [-0.2, -0.15) is 0 Å². The molecule has 1 aromatic heterocycles. The molecule has 0 spiro atoms. The van der Waals surface area contributed by atoms with Crippen LogP contribution in [0.25, 0.3) is 11.0 Å². The lowest BCUT2D eigenvalue weighted by Gasteiger charge is -2.45. The predicted octanol–water partition coefficient (Wildman–Crippen LogP) is 4.46. The van der Waals surface area contributed by atoms with E-state index in [1.807, 2.05) is 40.7 Å². The molecule has 1 saturated heterocycles. The van der Waals surface area contributed by atoms with E-state index >= 15 is 0 Å². The van der Waals surface area contributed by atoms with Gasteiger partial charge in [0.15, 0.2) is 5.82 Å². The Labute approximate surface area is 215 Å². The highest BCUT2D eigenvalue weighted by molar-refractivity contribution is 6.01. The van der Waals surface area contributed by atoms with Gasteiger partial charge in [-0.15, -0.1) is 0 Å². The molecule has 7 heteroatoms. The summed E-state index contributed by atoms with van der Waals surface area (Å²) < 4.78 is 1.97. The summed E-state index contributed by atoms with van der Waals surface area (Å²) in [7, 11) is 0. The highest BCUT2D eigenvalue weighted by atomic mass is 16.2. The Morgan fingerprint density at radius 3 is 2.58 bits per heavy atom. The minimum atomic E-state index is -0.952. The maximum absolute atomic E-state index is 14.0. The van der Waals surface area contributed by atoms with E-state index in [0.29, 0.717) is 30.7 Å². The number of benzene rings is 1. The summed E-state index contributed by atoms with van der Waals surface area (Å²) in [5.74, 6) is 1.33. The number of carbonyl (C=O) groups excluding carboxylic acids is 2. The van der Waals surface area contributed by atoms with Crippen LogP contribution in [-0.4, -0.2) is 68.9 Å². The van der Waals surface area contributed by atoms with Crippen molar-refractivity contribution in [1.82, 2.24) is 24.7 Å². The van der Waals surface area contributed by atoms with Crippen LogP contribution in [-0.2, 0) is 11.3 Å². The van der Waals surface area contributed by atoms with Crippen LogP contribution in [0.4, 0.5) is 0 Å². The first kappa shape index (κ1) is 25.2. The van der Waals surface area contributed by atoms with Crippen LogP contribution in [0.3, 0.4) is 0 Å². The molecule has 2 fully saturated rings. The van der Waals surface area contributed by atoms with Gasteiger partial charge in [0.1, 0.15) is 5.54 Å². The van der Waals surface area contributed by atoms with Gasteiger partial charge in [-0.1, -0.05) is 51.7 Å². The van der Waals surface area contributed by atoms with Crippen molar-refractivity contribution in [3.8, 4) is 0 Å². The number of rotatable bonds is 6. The van der Waals surface area contributed by atoms with E-state index < -0.39 is 5.54 Å². The van der Waals surface area contributed by atoms with Crippen molar-refractivity contribution in [2.75, 3.05) is 26.2 Å². The Morgan fingerprint density at radius 2 is 1.81 bits per heavy atom. The van der Waals surface area contributed by atoms with E-state index in [-0.39, 0.29) is 17.9 Å². The summed E-state index contributed by atoms with van der Waals surface area (Å²) in [5, 5.41) is 3.40. The molecule has 1 aromatic carbocycles. The van der Waals surface area contributed by atoms with Crippen molar-refractivity contribution < 1.29 is 9.59 Å². The standard InChI is InChI=1S/C29H43N5O2/c1-21-12-10-14-23(22(21)2)31-28(36)29(3)20-33-25-15-7-6-13-24(25)30-26(33)27(35)34(29)19-11-18-32-16-8-4-5-9-17-32/h6-7,13,15,21-23H,4-5,8-12,14,16-20H2,1-3H3,(H,31,36). The van der Waals surface area contributed by atoms with Gasteiger partial charge in [0.2, 0.25) is 5.91 Å². The van der Waals surface area contributed by atoms with Crippen molar-refractivity contribution in [3.05, 3.63) is 30.1 Å². The van der Waals surface area contributed by atoms with Crippen molar-refractivity contribution in [3.63, 3.8) is 0 Å². The van der Waals surface area contributed by atoms with E-state index in [4.69, 9.17) is 0 Å². The van der Waals surface area contributed by atoms with Gasteiger partial charge in [-0.05, 0) is 76.2 Å². The average Bonchev–Trinajstić information content (AvgIpc) is 3.04. The third-order valence-electron chi connectivity index (χ3n) is 9.22. The quantitative estimate of drug-likeness (QED) is 0.645. The number of para-hydroxylation sites is 2. The largest absolute Gasteiger partial charge is 0.351 e. The molecule has 0 bridgehead atoms. The van der Waals surface area contributed by atoms with Crippen LogP contribution in [0.5, 0.6) is 0 Å². The van der Waals surface area contributed by atoms with E-state index in [9.17, 15) is 9.59 Å². The second kappa shape index (κ2) is 10.5. The van der Waals surface area contributed by atoms with Gasteiger partial charge >= 0.3 is 0 Å². The molecular formula is C29H43N5O2. The summed E-state index contributed by atoms with van der Waals surface area (Å²) in [6.45, 7) is 10.7. The number of imidazole rings is 1. The lowest BCUT2D eigenvalue weighted by atomic mass is 9.77. The smallest absolute Gasteiger partial charge is 0.290 e. The number of fused-ring (bicyclic) bond motifs is 3. The molecule has 4 atom stereocenters. The number of aromatic nitrogens is 2. The number of nitrogens with one attached hydrogen (secondary N) is 1. The monoisotopic (exact) mass is 493 g/mol. The molecule has 7 nitrogen and oxygen atoms in total. The third-order valence-corrected chi connectivity index (χ3v) is 9.22. The topological polar surface area (TPSA) is 70.5 Å². The molecule has 5 rings (SSSR count). The molecule has 2 aromatic rings. The van der Waals surface area contributed by atoms with E-state index in [2.05, 4.69) is 29.0 Å². The number of amides is 2. The molecule has 2 aliphatic heterocycles. The molecule has 36 heavy (non-hydrogen) atoms. The van der Waals surface area contributed by atoms with Gasteiger partial charge in [0.25, 0.3) is 5.91 Å². The maximum atomic E-state index is 14.0. The third kappa shape index (κ3) is 4.79. The lowest BCUT2D eigenvalue weighted by molar-refractivity contribution is -0.134. The first-order valence-corrected chi connectivity index (χ1v) is 14.2. The Hall–Kier alpha value is -2.41. The van der Waals surface area contributed by atoms with Crippen molar-refractivity contribution in [1.29, 1.82) is 0 Å². The SMILES string of the molecule is CC1CCCC(NC(=O)C2(C)Cn3c(nc4ccccc43)C(=O)N2CCCN2CCCCCC2)C1C. The number of hydrogen-bond donors (Lipinski definition) is 1. The molecular weight excluding hydrogens is 450 g/mol. The molecule has 1 N–H and O–H groups in total. The van der Waals surface area contributed by atoms with Crippen molar-refractivity contribution in [2.45, 2.75) is 90.3 Å². The zero-order valence-corrected chi connectivity index (χ0v) is 22.3. The molecule has 3 heterocycles. The first-order chi connectivity index (χ1) is 17.4. The zero-order valence-electron chi connectivity index (χ0n) is 22.3. The minimum absolute atomic E-state index is 0.0278. The second-order valence-corrected chi connectivity index (χ2v) is 11.7. The predicted molar refractivity (Wildman–Crippen MR) is 143 cm³/mol. The second-order valence-electron chi connectivity index (χ2n) is 11.7. The van der Waals surface area contributed by atoms with E-state index in [0.717, 1.165) is 49.9 Å². The number of likely N-dealkylation sites (tertiary alicyclic amines) is 1. The van der Waals surface area contributed by atoms with Crippen LogP contribution in [0.2, 0.25) is 0 Å². The number of carbonyl (C=O) groups is 2. The molecule has 1 saturated carbocycles. The summed E-state index contributed by atoms with van der Waals surface area (Å²) in [4.78, 5) is 37.0. The van der Waals surface area contributed by atoms with Gasteiger partial charge < -0.3 is 19.7 Å². The van der Waals surface area contributed by atoms with Crippen LogP contribution in [0, 0.1) is 11.8 Å². The Kier molecular flexibility index (Phi) is 7.38. The van der Waals surface area contributed by atoms with E-state index in [1.54, 1.807) is 0 Å². The minimum Gasteiger partial charge on any atom is -0.351 e. The summed E-state index contributed by atoms with van der Waals surface area (Å²) >= 11 is 0. The highest BCUT2D eigenvalue weighted by Gasteiger charge is 2.49. The summed E-state index contributed by atoms with van der Waals surface area (Å²) in [5.41, 5.74) is 0.778. The molecule has 1 aliphatic carbocycles. The van der Waals surface area contributed by atoms with Crippen molar-refractivity contribution >= 4 is 22.8 Å². The van der Waals surface area contributed by atoms with Gasteiger partial charge in [-0.25, -0.2) is 4.98 Å².